The van der Waals surface area contributed by atoms with Gasteiger partial charge in [-0.3, -0.25) is 0 Å². The Morgan fingerprint density at radius 3 is 2.29 bits per heavy atom. The highest BCUT2D eigenvalue weighted by molar-refractivity contribution is 6.30. The van der Waals surface area contributed by atoms with Crippen molar-refractivity contribution >= 4 is 17.7 Å². The maximum Gasteiger partial charge on any atom is 0.414 e. The first-order valence-corrected chi connectivity index (χ1v) is 11.4. The third kappa shape index (κ3) is 6.97. The fraction of sp³-hybridized carbons (Fsp3) is 0.696. The van der Waals surface area contributed by atoms with Gasteiger partial charge in [0, 0.05) is 18.6 Å². The lowest BCUT2D eigenvalue weighted by Gasteiger charge is -2.32. The van der Waals surface area contributed by atoms with Crippen LogP contribution in [0.25, 0.3) is 0 Å². The van der Waals surface area contributed by atoms with Crippen molar-refractivity contribution < 1.29 is 9.53 Å². The SMILES string of the molecule is CN(CCC1CCC(CCN2CCCCC2)CC1)C(=O)Oc1ccc(Cl)cc1. The molecule has 0 spiro atoms. The van der Waals surface area contributed by atoms with Gasteiger partial charge in [-0.25, -0.2) is 4.79 Å². The van der Waals surface area contributed by atoms with Crippen LogP contribution in [-0.4, -0.2) is 49.1 Å². The molecular formula is C23H35ClN2O2. The van der Waals surface area contributed by atoms with Gasteiger partial charge in [0.15, 0.2) is 0 Å². The van der Waals surface area contributed by atoms with E-state index in [1.165, 1.54) is 71.0 Å². The Morgan fingerprint density at radius 1 is 1.04 bits per heavy atom. The number of halogens is 1. The molecule has 0 N–H and O–H groups in total. The van der Waals surface area contributed by atoms with Crippen LogP contribution >= 0.6 is 11.6 Å². The molecule has 1 aromatic carbocycles. The fourth-order valence-corrected chi connectivity index (χ4v) is 4.63. The number of piperidine rings is 1. The lowest BCUT2D eigenvalue weighted by molar-refractivity contribution is 0.154. The van der Waals surface area contributed by atoms with Crippen molar-refractivity contribution in [2.75, 3.05) is 33.2 Å². The Kier molecular flexibility index (Phi) is 8.47. The largest absolute Gasteiger partial charge is 0.414 e. The summed E-state index contributed by atoms with van der Waals surface area (Å²) in [6.45, 7) is 4.69. The summed E-state index contributed by atoms with van der Waals surface area (Å²) < 4.78 is 5.40. The molecule has 0 aromatic heterocycles. The zero-order valence-electron chi connectivity index (χ0n) is 17.2. The number of ether oxygens (including phenoxy) is 1. The summed E-state index contributed by atoms with van der Waals surface area (Å²) in [5, 5.41) is 0.639. The Morgan fingerprint density at radius 2 is 1.64 bits per heavy atom. The van der Waals surface area contributed by atoms with E-state index in [-0.39, 0.29) is 6.09 Å². The average molecular weight is 407 g/mol. The summed E-state index contributed by atoms with van der Waals surface area (Å²) in [7, 11) is 1.82. The molecule has 1 aliphatic heterocycles. The number of amides is 1. The number of likely N-dealkylation sites (tertiary alicyclic amines) is 1. The van der Waals surface area contributed by atoms with Gasteiger partial charge in [0.1, 0.15) is 5.75 Å². The van der Waals surface area contributed by atoms with Crippen molar-refractivity contribution in [2.45, 2.75) is 57.8 Å². The summed E-state index contributed by atoms with van der Waals surface area (Å²) >= 11 is 5.86. The molecule has 2 aliphatic rings. The lowest BCUT2D eigenvalue weighted by atomic mass is 9.79. The molecule has 1 heterocycles. The summed E-state index contributed by atoms with van der Waals surface area (Å²) in [5.74, 6) is 2.19. The van der Waals surface area contributed by atoms with Crippen LogP contribution in [0.5, 0.6) is 5.75 Å². The third-order valence-corrected chi connectivity index (χ3v) is 6.72. The number of carbonyl (C=O) groups is 1. The first kappa shape index (κ1) is 21.4. The lowest BCUT2D eigenvalue weighted by Crippen LogP contribution is -2.33. The van der Waals surface area contributed by atoms with Crippen molar-refractivity contribution in [3.05, 3.63) is 29.3 Å². The number of hydrogen-bond acceptors (Lipinski definition) is 3. The van der Waals surface area contributed by atoms with E-state index in [0.29, 0.717) is 10.8 Å². The van der Waals surface area contributed by atoms with Crippen molar-refractivity contribution in [3.8, 4) is 5.75 Å². The first-order chi connectivity index (χ1) is 13.6. The maximum atomic E-state index is 12.2. The molecule has 2 fully saturated rings. The summed E-state index contributed by atoms with van der Waals surface area (Å²) in [4.78, 5) is 16.6. The second-order valence-electron chi connectivity index (χ2n) is 8.61. The van der Waals surface area contributed by atoms with Gasteiger partial charge in [0.2, 0.25) is 0 Å². The molecule has 0 atom stereocenters. The van der Waals surface area contributed by atoms with Crippen molar-refractivity contribution in [1.82, 2.24) is 9.80 Å². The molecule has 0 bridgehead atoms. The van der Waals surface area contributed by atoms with E-state index in [4.69, 9.17) is 16.3 Å². The predicted octanol–water partition coefficient (Wildman–Crippen LogP) is 5.84. The van der Waals surface area contributed by atoms with E-state index in [1.54, 1.807) is 29.2 Å². The van der Waals surface area contributed by atoms with Gasteiger partial charge in [-0.05, 0) is 81.4 Å². The van der Waals surface area contributed by atoms with Crippen molar-refractivity contribution in [3.63, 3.8) is 0 Å². The number of carbonyl (C=O) groups excluding carboxylic acids is 1. The second-order valence-corrected chi connectivity index (χ2v) is 9.05. The molecule has 5 heteroatoms. The molecule has 1 saturated heterocycles. The van der Waals surface area contributed by atoms with Crippen LogP contribution in [0.15, 0.2) is 24.3 Å². The Hall–Kier alpha value is -1.26. The van der Waals surface area contributed by atoms with Crippen molar-refractivity contribution in [1.29, 1.82) is 0 Å². The van der Waals surface area contributed by atoms with Crippen LogP contribution in [0, 0.1) is 11.8 Å². The van der Waals surface area contributed by atoms with Gasteiger partial charge in [-0.15, -0.1) is 0 Å². The van der Waals surface area contributed by atoms with E-state index >= 15 is 0 Å². The van der Waals surface area contributed by atoms with E-state index in [0.717, 1.165) is 24.8 Å². The average Bonchev–Trinajstić information content (AvgIpc) is 2.73. The van der Waals surface area contributed by atoms with E-state index in [2.05, 4.69) is 4.90 Å². The van der Waals surface area contributed by atoms with Crippen LogP contribution in [-0.2, 0) is 0 Å². The van der Waals surface area contributed by atoms with E-state index in [9.17, 15) is 4.79 Å². The molecule has 156 valence electrons. The summed E-state index contributed by atoms with van der Waals surface area (Å²) in [5.41, 5.74) is 0. The molecule has 4 nitrogen and oxygen atoms in total. The molecule has 1 saturated carbocycles. The Bertz CT molecular complexity index is 593. The van der Waals surface area contributed by atoms with Crippen LogP contribution in [0.2, 0.25) is 5.02 Å². The number of hydrogen-bond donors (Lipinski definition) is 0. The minimum atomic E-state index is -0.294. The highest BCUT2D eigenvalue weighted by atomic mass is 35.5. The quantitative estimate of drug-likeness (QED) is 0.569. The van der Waals surface area contributed by atoms with Crippen LogP contribution < -0.4 is 4.74 Å². The van der Waals surface area contributed by atoms with Crippen LogP contribution in [0.4, 0.5) is 4.79 Å². The predicted molar refractivity (Wildman–Crippen MR) is 115 cm³/mol. The van der Waals surface area contributed by atoms with E-state index in [1.807, 2.05) is 7.05 Å². The van der Waals surface area contributed by atoms with Gasteiger partial charge in [-0.1, -0.05) is 43.7 Å². The van der Waals surface area contributed by atoms with Gasteiger partial charge in [0.25, 0.3) is 0 Å². The number of rotatable bonds is 7. The van der Waals surface area contributed by atoms with Gasteiger partial charge in [-0.2, -0.15) is 0 Å². The highest BCUT2D eigenvalue weighted by Gasteiger charge is 2.23. The molecular weight excluding hydrogens is 372 g/mol. The third-order valence-electron chi connectivity index (χ3n) is 6.47. The topological polar surface area (TPSA) is 32.8 Å². The Labute approximate surface area is 175 Å². The second kappa shape index (κ2) is 11.1. The fourth-order valence-electron chi connectivity index (χ4n) is 4.51. The van der Waals surface area contributed by atoms with Gasteiger partial charge < -0.3 is 14.5 Å². The number of benzene rings is 1. The minimum Gasteiger partial charge on any atom is -0.410 e. The van der Waals surface area contributed by atoms with Crippen molar-refractivity contribution in [2.24, 2.45) is 11.8 Å². The zero-order valence-corrected chi connectivity index (χ0v) is 18.0. The molecule has 1 amide bonds. The standard InChI is InChI=1S/C23H35ClN2O2/c1-25(23(27)28-22-11-9-21(24)10-12-22)17-13-19-5-7-20(8-6-19)14-18-26-15-3-2-4-16-26/h9-12,19-20H,2-8,13-18H2,1H3. The monoisotopic (exact) mass is 406 g/mol. The molecule has 0 radical (unpaired) electrons. The molecule has 1 aromatic rings. The zero-order chi connectivity index (χ0) is 19.8. The minimum absolute atomic E-state index is 0.294. The van der Waals surface area contributed by atoms with Crippen LogP contribution in [0.3, 0.4) is 0 Å². The smallest absolute Gasteiger partial charge is 0.410 e. The maximum absolute atomic E-state index is 12.2. The normalized spacial score (nSPS) is 23.4. The molecule has 0 unspecified atom stereocenters. The summed E-state index contributed by atoms with van der Waals surface area (Å²) in [6.07, 6.45) is 11.7. The number of nitrogens with zero attached hydrogens (tertiary/aromatic N) is 2. The van der Waals surface area contributed by atoms with Gasteiger partial charge >= 0.3 is 6.09 Å². The molecule has 1 aliphatic carbocycles. The molecule has 3 rings (SSSR count). The van der Waals surface area contributed by atoms with E-state index < -0.39 is 0 Å². The summed E-state index contributed by atoms with van der Waals surface area (Å²) in [6, 6.07) is 6.90. The first-order valence-electron chi connectivity index (χ1n) is 11.0. The van der Waals surface area contributed by atoms with Crippen LogP contribution in [0.1, 0.15) is 57.8 Å². The van der Waals surface area contributed by atoms with Gasteiger partial charge in [0.05, 0.1) is 0 Å². The highest BCUT2D eigenvalue weighted by Crippen LogP contribution is 2.33. The Balaban J connectivity index is 1.29. The molecule has 28 heavy (non-hydrogen) atoms.